The number of imidazole rings is 1. The first-order valence-electron chi connectivity index (χ1n) is 10.5. The summed E-state index contributed by atoms with van der Waals surface area (Å²) in [6.45, 7) is 3.53. The molecule has 2 atom stereocenters. The number of methoxy groups -OCH3 is 1. The van der Waals surface area contributed by atoms with Gasteiger partial charge in [-0.2, -0.15) is 0 Å². The normalized spacial score (nSPS) is 15.6. The molecular weight excluding hydrogens is 471 g/mol. The molecule has 1 aromatic heterocycles. The second-order valence-corrected chi connectivity index (χ2v) is 9.40. The van der Waals surface area contributed by atoms with Crippen molar-refractivity contribution >= 4 is 63.4 Å². The van der Waals surface area contributed by atoms with Crippen LogP contribution in [-0.4, -0.2) is 35.2 Å². The van der Waals surface area contributed by atoms with Gasteiger partial charge in [0.2, 0.25) is 11.9 Å². The molecule has 0 fully saturated rings. The molecule has 0 aliphatic carbocycles. The van der Waals surface area contributed by atoms with Gasteiger partial charge in [0, 0.05) is 31.6 Å². The minimum Gasteiger partial charge on any atom is -0.382 e. The van der Waals surface area contributed by atoms with E-state index in [4.69, 9.17) is 50.3 Å². The number of nitrogens with zero attached hydrogens (tertiary/aromatic N) is 3. The van der Waals surface area contributed by atoms with E-state index in [1.807, 2.05) is 31.2 Å². The molecule has 2 N–H and O–H groups in total. The van der Waals surface area contributed by atoms with Gasteiger partial charge in [0.15, 0.2) is 0 Å². The minimum absolute atomic E-state index is 0.0294. The molecular formula is C23H25Cl3N4O2. The van der Waals surface area contributed by atoms with E-state index in [-0.39, 0.29) is 24.3 Å². The topological polar surface area (TPSA) is 73.4 Å². The minimum atomic E-state index is -0.352. The lowest BCUT2D eigenvalue weighted by Gasteiger charge is -2.30. The number of fused-ring (bicyclic) bond motifs is 3. The number of rotatable bonds is 7. The Morgan fingerprint density at radius 2 is 1.97 bits per heavy atom. The maximum atomic E-state index is 11.9. The molecule has 1 aliphatic heterocycles. The number of aryl methyl sites for hydroxylation is 1. The maximum absolute atomic E-state index is 11.9. The fourth-order valence-corrected chi connectivity index (χ4v) is 5.15. The monoisotopic (exact) mass is 494 g/mol. The summed E-state index contributed by atoms with van der Waals surface area (Å²) in [7, 11) is 1.66. The van der Waals surface area contributed by atoms with Crippen molar-refractivity contribution in [1.29, 1.82) is 0 Å². The van der Waals surface area contributed by atoms with Crippen LogP contribution in [0.5, 0.6) is 0 Å². The second-order valence-electron chi connectivity index (χ2n) is 8.15. The number of benzene rings is 2. The molecule has 3 aromatic rings. The van der Waals surface area contributed by atoms with Gasteiger partial charge in [0.25, 0.3) is 0 Å². The van der Waals surface area contributed by atoms with Crippen molar-refractivity contribution in [3.63, 3.8) is 0 Å². The molecule has 0 radical (unpaired) electrons. The highest BCUT2D eigenvalue weighted by Gasteiger charge is 2.29. The number of anilines is 2. The second kappa shape index (κ2) is 9.48. The molecule has 4 rings (SSSR count). The van der Waals surface area contributed by atoms with E-state index in [9.17, 15) is 4.79 Å². The largest absolute Gasteiger partial charge is 0.382 e. The maximum Gasteiger partial charge on any atom is 0.218 e. The van der Waals surface area contributed by atoms with Crippen LogP contribution in [0.1, 0.15) is 37.7 Å². The van der Waals surface area contributed by atoms with Gasteiger partial charge < -0.3 is 19.9 Å². The number of nitrogens with two attached hydrogens (primary N) is 1. The van der Waals surface area contributed by atoms with E-state index in [1.54, 1.807) is 13.2 Å². The summed E-state index contributed by atoms with van der Waals surface area (Å²) in [6, 6.07) is 9.26. The first-order chi connectivity index (χ1) is 15.3. The Balaban J connectivity index is 1.88. The van der Waals surface area contributed by atoms with Crippen molar-refractivity contribution in [1.82, 2.24) is 9.55 Å². The van der Waals surface area contributed by atoms with Crippen molar-refractivity contribution in [2.75, 3.05) is 18.6 Å². The third-order valence-corrected chi connectivity index (χ3v) is 6.81. The number of primary amides is 1. The first kappa shape index (κ1) is 23.2. The van der Waals surface area contributed by atoms with Gasteiger partial charge in [-0.3, -0.25) is 4.79 Å². The quantitative estimate of drug-likeness (QED) is 0.441. The molecule has 0 bridgehead atoms. The van der Waals surface area contributed by atoms with Gasteiger partial charge >= 0.3 is 0 Å². The van der Waals surface area contributed by atoms with Crippen LogP contribution < -0.4 is 10.6 Å². The Kier molecular flexibility index (Phi) is 6.86. The molecule has 0 saturated carbocycles. The predicted molar refractivity (Wildman–Crippen MR) is 130 cm³/mol. The van der Waals surface area contributed by atoms with Crippen LogP contribution in [0.15, 0.2) is 30.3 Å². The van der Waals surface area contributed by atoms with Crippen molar-refractivity contribution in [3.8, 4) is 0 Å². The highest BCUT2D eigenvalue weighted by molar-refractivity contribution is 6.36. The third-order valence-electron chi connectivity index (χ3n) is 5.97. The Morgan fingerprint density at radius 1 is 1.19 bits per heavy atom. The van der Waals surface area contributed by atoms with Gasteiger partial charge in [-0.15, -0.1) is 0 Å². The van der Waals surface area contributed by atoms with E-state index < -0.39 is 0 Å². The van der Waals surface area contributed by atoms with Crippen LogP contribution in [0, 0.1) is 0 Å². The zero-order valence-electron chi connectivity index (χ0n) is 17.9. The van der Waals surface area contributed by atoms with E-state index >= 15 is 0 Å². The number of aromatic nitrogens is 2. The van der Waals surface area contributed by atoms with E-state index in [1.165, 1.54) is 0 Å². The van der Waals surface area contributed by atoms with Crippen molar-refractivity contribution in [2.45, 2.75) is 44.8 Å². The van der Waals surface area contributed by atoms with Crippen LogP contribution in [0.25, 0.3) is 11.0 Å². The van der Waals surface area contributed by atoms with Crippen molar-refractivity contribution in [2.24, 2.45) is 5.73 Å². The summed E-state index contributed by atoms with van der Waals surface area (Å²) in [5, 5.41) is 1.70. The average Bonchev–Trinajstić information content (AvgIpc) is 3.14. The zero-order chi connectivity index (χ0) is 23.0. The number of ether oxygens (including phenoxy) is 1. The van der Waals surface area contributed by atoms with Crippen LogP contribution in [0.3, 0.4) is 0 Å². The molecule has 6 nitrogen and oxygen atoms in total. The molecule has 2 aromatic carbocycles. The van der Waals surface area contributed by atoms with Crippen LogP contribution in [0.4, 0.5) is 11.6 Å². The third kappa shape index (κ3) is 4.42. The lowest BCUT2D eigenvalue weighted by atomic mass is 9.89. The Hall–Kier alpha value is -1.99. The molecule has 2 unspecified atom stereocenters. The van der Waals surface area contributed by atoms with Crippen molar-refractivity contribution in [3.05, 3.63) is 51.0 Å². The Labute approximate surface area is 202 Å². The number of carbonyl (C=O) groups is 1. The number of carbonyl (C=O) groups excluding carboxylic acids is 1. The summed E-state index contributed by atoms with van der Waals surface area (Å²) in [6.07, 6.45) is 1.75. The van der Waals surface area contributed by atoms with Gasteiger partial charge in [-0.05, 0) is 55.5 Å². The molecule has 170 valence electrons. The summed E-state index contributed by atoms with van der Waals surface area (Å²) in [5.74, 6) is 0.300. The molecule has 2 heterocycles. The molecule has 0 spiro atoms. The lowest BCUT2D eigenvalue weighted by molar-refractivity contribution is -0.118. The number of hydrogen-bond donors (Lipinski definition) is 1. The van der Waals surface area contributed by atoms with Crippen LogP contribution >= 0.6 is 34.8 Å². The number of hydrogen-bond acceptors (Lipinski definition) is 4. The molecule has 0 saturated heterocycles. The molecule has 1 amide bonds. The van der Waals surface area contributed by atoms with Crippen molar-refractivity contribution < 1.29 is 9.53 Å². The van der Waals surface area contributed by atoms with Gasteiger partial charge in [-0.1, -0.05) is 40.9 Å². The first-order valence-corrected chi connectivity index (χ1v) is 11.7. The van der Waals surface area contributed by atoms with E-state index in [0.717, 1.165) is 42.2 Å². The Bertz CT molecular complexity index is 1160. The fraction of sp³-hybridized carbons (Fsp3) is 0.391. The predicted octanol–water partition coefficient (Wildman–Crippen LogP) is 5.92. The SMILES string of the molecule is COC(C)CC(CC(N)=O)c1ccc(Cl)c2nc3n(c12)CCCN3c1ccc(Cl)cc1Cl. The van der Waals surface area contributed by atoms with Crippen LogP contribution in [0.2, 0.25) is 15.1 Å². The summed E-state index contributed by atoms with van der Waals surface area (Å²) in [5.41, 5.74) is 9.07. The summed E-state index contributed by atoms with van der Waals surface area (Å²) in [4.78, 5) is 18.9. The lowest BCUT2D eigenvalue weighted by Crippen LogP contribution is -2.28. The Morgan fingerprint density at radius 3 is 2.66 bits per heavy atom. The van der Waals surface area contributed by atoms with Gasteiger partial charge in [-0.25, -0.2) is 4.98 Å². The van der Waals surface area contributed by atoms with Gasteiger partial charge in [0.1, 0.15) is 5.52 Å². The summed E-state index contributed by atoms with van der Waals surface area (Å²) >= 11 is 19.2. The molecule has 1 aliphatic rings. The highest BCUT2D eigenvalue weighted by atomic mass is 35.5. The standard InChI is InChI=1S/C23H25Cl3N4O2/c1-13(32-2)10-14(11-20(27)31)16-5-6-17(25)21-22(16)30-9-3-8-29(23(30)28-21)19-7-4-15(24)12-18(19)26/h4-7,12-14H,3,8-11H2,1-2H3,(H2,27,31). The highest BCUT2D eigenvalue weighted by Crippen LogP contribution is 2.41. The number of amides is 1. The summed E-state index contributed by atoms with van der Waals surface area (Å²) < 4.78 is 7.64. The number of halogens is 3. The van der Waals surface area contributed by atoms with E-state index in [0.29, 0.717) is 27.0 Å². The van der Waals surface area contributed by atoms with E-state index in [2.05, 4.69) is 9.47 Å². The zero-order valence-corrected chi connectivity index (χ0v) is 20.2. The fourth-order valence-electron chi connectivity index (χ4n) is 4.44. The molecule has 9 heteroatoms. The molecule has 32 heavy (non-hydrogen) atoms. The van der Waals surface area contributed by atoms with Gasteiger partial charge in [0.05, 0.1) is 27.4 Å². The smallest absolute Gasteiger partial charge is 0.218 e. The average molecular weight is 496 g/mol. The van der Waals surface area contributed by atoms with Crippen LogP contribution in [-0.2, 0) is 16.1 Å².